The number of sulfone groups is 1. The molecule has 2 N–H and O–H groups in total. The van der Waals surface area contributed by atoms with Crippen molar-refractivity contribution in [2.24, 2.45) is 5.14 Å². The lowest BCUT2D eigenvalue weighted by Gasteiger charge is -2.11. The van der Waals surface area contributed by atoms with Crippen LogP contribution >= 0.6 is 0 Å². The van der Waals surface area contributed by atoms with Gasteiger partial charge in [-0.05, 0) is 132 Å². The smallest absolute Gasteiger partial charge is 0.238 e. The van der Waals surface area contributed by atoms with Crippen molar-refractivity contribution >= 4 is 53.3 Å². The Bertz CT molecular complexity index is 3050. The maximum atomic E-state index is 11.8. The van der Waals surface area contributed by atoms with Gasteiger partial charge in [0.05, 0.1) is 15.3 Å². The molecule has 11 nitrogen and oxygen atoms in total. The summed E-state index contributed by atoms with van der Waals surface area (Å²) >= 11 is 0. The summed E-state index contributed by atoms with van der Waals surface area (Å²) in [5.74, 6) is 1.40. The second-order valence-corrected chi connectivity index (χ2v) is 17.9. The van der Waals surface area contributed by atoms with E-state index in [-0.39, 0.29) is 9.79 Å². The monoisotopic (exact) mass is 827 g/mol. The molecule has 0 unspecified atom stereocenters. The van der Waals surface area contributed by atoms with Gasteiger partial charge in [-0.1, -0.05) is 60.7 Å². The van der Waals surface area contributed by atoms with E-state index in [2.05, 4.69) is 87.4 Å². The number of pyridine rings is 2. The van der Waals surface area contributed by atoms with Gasteiger partial charge in [-0.25, -0.2) is 41.9 Å². The molecule has 8 aromatic rings. The van der Waals surface area contributed by atoms with Crippen LogP contribution < -0.4 is 5.14 Å². The van der Waals surface area contributed by atoms with Crippen molar-refractivity contribution < 1.29 is 16.8 Å². The molecule has 4 aromatic carbocycles. The summed E-state index contributed by atoms with van der Waals surface area (Å²) in [6.45, 7) is 0. The van der Waals surface area contributed by atoms with Crippen molar-refractivity contribution in [1.82, 2.24) is 29.1 Å². The Morgan fingerprint density at radius 1 is 0.550 bits per heavy atom. The highest BCUT2D eigenvalue weighted by molar-refractivity contribution is 7.90. The Labute approximate surface area is 347 Å². The Balaban J connectivity index is 0.000000154. The van der Waals surface area contributed by atoms with Crippen LogP contribution in [0.5, 0.6) is 0 Å². The summed E-state index contributed by atoms with van der Waals surface area (Å²) in [7, 11) is -7.00. The van der Waals surface area contributed by atoms with Crippen LogP contribution in [0.25, 0.3) is 67.6 Å². The third-order valence-corrected chi connectivity index (χ3v) is 12.4. The summed E-state index contributed by atoms with van der Waals surface area (Å²) < 4.78 is 50.8. The van der Waals surface area contributed by atoms with Gasteiger partial charge >= 0.3 is 0 Å². The number of nitrogens with two attached hydrogens (primary N) is 1. The lowest BCUT2D eigenvalue weighted by atomic mass is 10.0. The average molecular weight is 828 g/mol. The second-order valence-electron chi connectivity index (χ2n) is 14.3. The Hall–Kier alpha value is -7.06. The largest absolute Gasteiger partial charge is 0.291 e. The van der Waals surface area contributed by atoms with E-state index in [1.54, 1.807) is 48.8 Å². The molecule has 4 aromatic heterocycles. The van der Waals surface area contributed by atoms with Crippen LogP contribution in [0, 0.1) is 0 Å². The SMILES string of the molecule is CS(=O)(=O)c1ccc(-c2nc3ncccc3n2-c2ccc(C3=CC=CC3)cc2)cc1.NS(=O)(=O)c1ccc(-c2nc3cccnc3n2-c2ccc(C3=CC=CC3)cc2)cc1. The standard InChI is InChI=1S/C24H19N3O2S.C23H18N4O2S/c1-30(28,29)21-14-10-19(11-15-21)24-26-23-22(7-4-16-25-23)27(24)20-12-8-18(9-13-20)17-5-2-3-6-17;24-30(28,29)20-13-9-18(10-14-20)22-26-21-6-3-15-25-23(21)27(22)19-11-7-17(8-12-19)16-4-1-2-5-16/h2-5,7-16H,6H2,1H3;1-4,6-15H,5H2,(H2,24,28,29). The third kappa shape index (κ3) is 7.64. The van der Waals surface area contributed by atoms with Gasteiger partial charge in [-0.2, -0.15) is 0 Å². The first-order chi connectivity index (χ1) is 29.0. The van der Waals surface area contributed by atoms with Crippen LogP contribution in [0.2, 0.25) is 0 Å². The molecule has 0 spiro atoms. The van der Waals surface area contributed by atoms with Gasteiger partial charge in [-0.15, -0.1) is 0 Å². The van der Waals surface area contributed by atoms with Gasteiger partial charge in [0.15, 0.2) is 21.1 Å². The van der Waals surface area contributed by atoms with E-state index < -0.39 is 19.9 Å². The number of primary sulfonamides is 1. The lowest BCUT2D eigenvalue weighted by molar-refractivity contribution is 0.597. The fraction of sp³-hybridized carbons (Fsp3) is 0.0638. The molecule has 60 heavy (non-hydrogen) atoms. The molecule has 0 fully saturated rings. The van der Waals surface area contributed by atoms with E-state index in [4.69, 9.17) is 15.1 Å². The summed E-state index contributed by atoms with van der Waals surface area (Å²) in [6, 6.07) is 37.5. The predicted octanol–water partition coefficient (Wildman–Crippen LogP) is 8.91. The van der Waals surface area contributed by atoms with Crippen LogP contribution in [-0.4, -0.2) is 52.2 Å². The summed E-state index contributed by atoms with van der Waals surface area (Å²) in [5, 5.41) is 5.23. The van der Waals surface area contributed by atoms with Gasteiger partial charge in [0, 0.05) is 41.2 Å². The molecule has 13 heteroatoms. The Kier molecular flexibility index (Phi) is 10.0. The fourth-order valence-electron chi connectivity index (χ4n) is 7.34. The minimum absolute atomic E-state index is 0.0647. The van der Waals surface area contributed by atoms with E-state index >= 15 is 0 Å². The highest BCUT2D eigenvalue weighted by Gasteiger charge is 2.19. The van der Waals surface area contributed by atoms with Crippen LogP contribution in [0.1, 0.15) is 24.0 Å². The van der Waals surface area contributed by atoms with E-state index in [0.717, 1.165) is 57.8 Å². The number of sulfonamides is 1. The van der Waals surface area contributed by atoms with Crippen molar-refractivity contribution in [2.75, 3.05) is 6.26 Å². The number of nitrogens with zero attached hydrogens (tertiary/aromatic N) is 6. The maximum Gasteiger partial charge on any atom is 0.238 e. The molecular weight excluding hydrogens is 791 g/mol. The number of rotatable bonds is 8. The first kappa shape index (κ1) is 38.5. The number of hydrogen-bond acceptors (Lipinski definition) is 8. The topological polar surface area (TPSA) is 156 Å². The zero-order chi connectivity index (χ0) is 41.4. The number of benzene rings is 4. The van der Waals surface area contributed by atoms with Crippen LogP contribution in [-0.2, 0) is 19.9 Å². The molecule has 2 aliphatic carbocycles. The zero-order valence-corrected chi connectivity index (χ0v) is 33.9. The molecule has 0 bridgehead atoms. The van der Waals surface area contributed by atoms with Gasteiger partial charge in [0.1, 0.15) is 17.2 Å². The van der Waals surface area contributed by atoms with E-state index in [0.29, 0.717) is 11.5 Å². The summed E-state index contributed by atoms with van der Waals surface area (Å²) in [5.41, 5.74) is 11.5. The lowest BCUT2D eigenvalue weighted by Crippen LogP contribution is -2.11. The average Bonchev–Trinajstić information content (AvgIpc) is 4.10. The molecular formula is C47H37N7O4S2. The highest BCUT2D eigenvalue weighted by Crippen LogP contribution is 2.32. The van der Waals surface area contributed by atoms with Gasteiger partial charge in [0.2, 0.25) is 10.0 Å². The Morgan fingerprint density at radius 3 is 1.58 bits per heavy atom. The molecule has 0 amide bonds. The van der Waals surface area contributed by atoms with Gasteiger partial charge in [-0.3, -0.25) is 9.13 Å². The van der Waals surface area contributed by atoms with Crippen molar-refractivity contribution in [1.29, 1.82) is 0 Å². The summed E-state index contributed by atoms with van der Waals surface area (Å²) in [4.78, 5) is 18.8. The number of hydrogen-bond donors (Lipinski definition) is 1. The highest BCUT2D eigenvalue weighted by atomic mass is 32.2. The first-order valence-corrected chi connectivity index (χ1v) is 22.5. The number of aromatic nitrogens is 6. The third-order valence-electron chi connectivity index (χ3n) is 10.4. The molecule has 10 rings (SSSR count). The number of allylic oxidation sites excluding steroid dienone is 8. The first-order valence-electron chi connectivity index (χ1n) is 19.0. The molecule has 4 heterocycles. The number of fused-ring (bicyclic) bond motifs is 2. The maximum absolute atomic E-state index is 11.8. The van der Waals surface area contributed by atoms with E-state index in [1.807, 2.05) is 41.0 Å². The van der Waals surface area contributed by atoms with Crippen molar-refractivity contribution in [2.45, 2.75) is 22.6 Å². The molecule has 0 radical (unpaired) electrons. The molecule has 0 aliphatic heterocycles. The van der Waals surface area contributed by atoms with Crippen molar-refractivity contribution in [3.63, 3.8) is 0 Å². The van der Waals surface area contributed by atoms with Gasteiger partial charge < -0.3 is 0 Å². The zero-order valence-electron chi connectivity index (χ0n) is 32.3. The quantitative estimate of drug-likeness (QED) is 0.159. The van der Waals surface area contributed by atoms with Crippen molar-refractivity contribution in [3.05, 3.63) is 181 Å². The minimum atomic E-state index is -3.75. The van der Waals surface area contributed by atoms with Crippen molar-refractivity contribution in [3.8, 4) is 34.2 Å². The molecule has 296 valence electrons. The Morgan fingerprint density at radius 2 is 1.05 bits per heavy atom. The molecule has 0 saturated carbocycles. The van der Waals surface area contributed by atoms with E-state index in [9.17, 15) is 16.8 Å². The van der Waals surface area contributed by atoms with Crippen LogP contribution in [0.3, 0.4) is 0 Å². The van der Waals surface area contributed by atoms with Gasteiger partial charge in [0.25, 0.3) is 0 Å². The number of imidazole rings is 2. The predicted molar refractivity (Wildman–Crippen MR) is 237 cm³/mol. The minimum Gasteiger partial charge on any atom is -0.291 e. The fourth-order valence-corrected chi connectivity index (χ4v) is 8.48. The van der Waals surface area contributed by atoms with Crippen LogP contribution in [0.4, 0.5) is 0 Å². The van der Waals surface area contributed by atoms with E-state index in [1.165, 1.54) is 40.7 Å². The molecule has 2 aliphatic rings. The second kappa shape index (κ2) is 15.6. The van der Waals surface area contributed by atoms with Crippen LogP contribution in [0.15, 0.2) is 180 Å². The summed E-state index contributed by atoms with van der Waals surface area (Å²) in [6.07, 6.45) is 19.3. The normalized spacial score (nSPS) is 13.7. The molecule has 0 saturated heterocycles. The molecule has 0 atom stereocenters.